The van der Waals surface area contributed by atoms with Gasteiger partial charge in [0.2, 0.25) is 0 Å². The molecule has 2 rings (SSSR count). The average molecular weight is 351 g/mol. The molecule has 0 spiro atoms. The first-order valence-electron chi connectivity index (χ1n) is 7.90. The molecular formula is C19H21N5S. The fourth-order valence-corrected chi connectivity index (χ4v) is 2.69. The largest absolute Gasteiger partial charge is 0.377 e. The van der Waals surface area contributed by atoms with Crippen LogP contribution in [0.1, 0.15) is 17.5 Å². The minimum absolute atomic E-state index is 0.438. The Morgan fingerprint density at radius 1 is 1.20 bits per heavy atom. The van der Waals surface area contributed by atoms with Crippen molar-refractivity contribution in [1.29, 1.82) is 5.26 Å². The van der Waals surface area contributed by atoms with Gasteiger partial charge in [0.15, 0.2) is 5.17 Å². The van der Waals surface area contributed by atoms with Crippen LogP contribution in [-0.2, 0) is 5.75 Å². The Morgan fingerprint density at radius 2 is 1.92 bits per heavy atom. The first-order chi connectivity index (χ1) is 12.2. The van der Waals surface area contributed by atoms with Gasteiger partial charge in [-0.2, -0.15) is 10.4 Å². The SMILES string of the molecule is CN(CCC#N)c1ccc(C=NN=C(N)SCc2ccccc2)cc1. The Morgan fingerprint density at radius 3 is 2.60 bits per heavy atom. The summed E-state index contributed by atoms with van der Waals surface area (Å²) in [5, 5.41) is 17.1. The summed E-state index contributed by atoms with van der Waals surface area (Å²) in [6.07, 6.45) is 2.18. The number of amidine groups is 1. The van der Waals surface area contributed by atoms with Crippen LogP contribution in [-0.4, -0.2) is 25.0 Å². The van der Waals surface area contributed by atoms with Crippen molar-refractivity contribution in [3.05, 3.63) is 65.7 Å². The Labute approximate surface area is 152 Å². The highest BCUT2D eigenvalue weighted by atomic mass is 32.2. The monoisotopic (exact) mass is 351 g/mol. The van der Waals surface area contributed by atoms with Crippen LogP contribution in [0.15, 0.2) is 64.8 Å². The lowest BCUT2D eigenvalue weighted by Gasteiger charge is -2.17. The number of hydrogen-bond acceptors (Lipinski definition) is 5. The smallest absolute Gasteiger partial charge is 0.180 e. The summed E-state index contributed by atoms with van der Waals surface area (Å²) in [5.41, 5.74) is 9.07. The third-order valence-electron chi connectivity index (χ3n) is 3.49. The van der Waals surface area contributed by atoms with Crippen molar-refractivity contribution >= 4 is 28.8 Å². The molecule has 0 radical (unpaired) electrons. The third kappa shape index (κ3) is 6.69. The Kier molecular flexibility index (Phi) is 7.54. The molecule has 6 heteroatoms. The molecule has 0 saturated heterocycles. The van der Waals surface area contributed by atoms with E-state index in [-0.39, 0.29) is 0 Å². The van der Waals surface area contributed by atoms with E-state index in [1.54, 1.807) is 6.21 Å². The zero-order chi connectivity index (χ0) is 17.9. The van der Waals surface area contributed by atoms with Crippen molar-refractivity contribution in [2.24, 2.45) is 15.9 Å². The first-order valence-corrected chi connectivity index (χ1v) is 8.89. The van der Waals surface area contributed by atoms with Gasteiger partial charge in [-0.15, -0.1) is 5.10 Å². The predicted octanol–water partition coefficient (Wildman–Crippen LogP) is 3.62. The van der Waals surface area contributed by atoms with Crippen molar-refractivity contribution in [3.63, 3.8) is 0 Å². The Balaban J connectivity index is 1.85. The van der Waals surface area contributed by atoms with E-state index in [9.17, 15) is 0 Å². The highest BCUT2D eigenvalue weighted by Crippen LogP contribution is 2.14. The molecule has 0 aliphatic heterocycles. The van der Waals surface area contributed by atoms with Crippen LogP contribution in [0.2, 0.25) is 0 Å². The van der Waals surface area contributed by atoms with E-state index in [0.29, 0.717) is 18.1 Å². The van der Waals surface area contributed by atoms with E-state index in [1.165, 1.54) is 17.3 Å². The molecule has 0 aromatic heterocycles. The number of rotatable bonds is 7. The molecule has 0 fully saturated rings. The van der Waals surface area contributed by atoms with Crippen molar-refractivity contribution in [2.75, 3.05) is 18.5 Å². The van der Waals surface area contributed by atoms with Crippen molar-refractivity contribution in [2.45, 2.75) is 12.2 Å². The molecule has 0 unspecified atom stereocenters. The van der Waals surface area contributed by atoms with Crippen LogP contribution in [0.5, 0.6) is 0 Å². The number of benzene rings is 2. The highest BCUT2D eigenvalue weighted by Gasteiger charge is 2.00. The summed E-state index contributed by atoms with van der Waals surface area (Å²) in [7, 11) is 1.97. The maximum absolute atomic E-state index is 8.63. The third-order valence-corrected chi connectivity index (χ3v) is 4.34. The molecule has 0 saturated carbocycles. The second-order valence-corrected chi connectivity index (χ2v) is 6.37. The minimum Gasteiger partial charge on any atom is -0.377 e. The lowest BCUT2D eigenvalue weighted by Crippen LogP contribution is -2.17. The maximum Gasteiger partial charge on any atom is 0.180 e. The summed E-state index contributed by atoms with van der Waals surface area (Å²) < 4.78 is 0. The Hall–Kier alpha value is -2.78. The average Bonchev–Trinajstić information content (AvgIpc) is 2.66. The minimum atomic E-state index is 0.438. The molecule has 5 nitrogen and oxygen atoms in total. The standard InChI is InChI=1S/C19H21N5S/c1-24(13-5-12-20)18-10-8-16(9-11-18)14-22-23-19(21)25-15-17-6-3-2-4-7-17/h2-4,6-11,14H,5,13,15H2,1H3,(H2,21,23). The number of anilines is 1. The van der Waals surface area contributed by atoms with Gasteiger partial charge >= 0.3 is 0 Å². The lowest BCUT2D eigenvalue weighted by molar-refractivity contribution is 0.905. The predicted molar refractivity (Wildman–Crippen MR) is 107 cm³/mol. The molecule has 2 aromatic carbocycles. The molecule has 128 valence electrons. The molecule has 0 amide bonds. The van der Waals surface area contributed by atoms with Gasteiger partial charge in [-0.25, -0.2) is 0 Å². The van der Waals surface area contributed by atoms with Crippen LogP contribution in [0.3, 0.4) is 0 Å². The zero-order valence-electron chi connectivity index (χ0n) is 14.2. The second kappa shape index (κ2) is 10.2. The van der Waals surface area contributed by atoms with Gasteiger partial charge < -0.3 is 10.6 Å². The maximum atomic E-state index is 8.63. The summed E-state index contributed by atoms with van der Waals surface area (Å²) in [4.78, 5) is 2.04. The summed E-state index contributed by atoms with van der Waals surface area (Å²) in [6.45, 7) is 0.712. The number of thioether (sulfide) groups is 1. The van der Waals surface area contributed by atoms with E-state index in [1.807, 2.05) is 54.4 Å². The van der Waals surface area contributed by atoms with E-state index >= 15 is 0 Å². The first kappa shape index (κ1) is 18.6. The molecule has 2 aromatic rings. The second-order valence-electron chi connectivity index (χ2n) is 5.38. The molecule has 0 heterocycles. The van der Waals surface area contributed by atoms with Gasteiger partial charge in [0.25, 0.3) is 0 Å². The van der Waals surface area contributed by atoms with Gasteiger partial charge in [-0.3, -0.25) is 0 Å². The van der Waals surface area contributed by atoms with Crippen molar-refractivity contribution in [1.82, 2.24) is 0 Å². The highest BCUT2D eigenvalue weighted by molar-refractivity contribution is 8.13. The van der Waals surface area contributed by atoms with Gasteiger partial charge in [-0.1, -0.05) is 54.2 Å². The number of hydrogen-bond donors (Lipinski definition) is 1. The van der Waals surface area contributed by atoms with Gasteiger partial charge in [0.1, 0.15) is 0 Å². The van der Waals surface area contributed by atoms with Crippen LogP contribution < -0.4 is 10.6 Å². The number of nitrogens with two attached hydrogens (primary N) is 1. The molecule has 0 bridgehead atoms. The molecule has 25 heavy (non-hydrogen) atoms. The van der Waals surface area contributed by atoms with Crippen LogP contribution >= 0.6 is 11.8 Å². The van der Waals surface area contributed by atoms with Crippen molar-refractivity contribution < 1.29 is 0 Å². The van der Waals surface area contributed by atoms with Crippen LogP contribution in [0.25, 0.3) is 0 Å². The van der Waals surface area contributed by atoms with Crippen LogP contribution in [0, 0.1) is 11.3 Å². The molecule has 0 aliphatic rings. The van der Waals surface area contributed by atoms with E-state index < -0.39 is 0 Å². The fourth-order valence-electron chi connectivity index (χ4n) is 2.07. The Bertz CT molecular complexity index is 748. The summed E-state index contributed by atoms with van der Waals surface area (Å²) in [5.74, 6) is 0.773. The zero-order valence-corrected chi connectivity index (χ0v) is 15.0. The number of nitrogens with zero attached hydrogens (tertiary/aromatic N) is 4. The van der Waals surface area contributed by atoms with Gasteiger partial charge in [0, 0.05) is 25.0 Å². The van der Waals surface area contributed by atoms with E-state index in [2.05, 4.69) is 28.4 Å². The quantitative estimate of drug-likeness (QED) is 0.469. The summed E-state index contributed by atoms with van der Waals surface area (Å²) in [6, 6.07) is 20.2. The topological polar surface area (TPSA) is 77.8 Å². The van der Waals surface area contributed by atoms with E-state index in [4.69, 9.17) is 11.0 Å². The molecule has 0 aliphatic carbocycles. The van der Waals surface area contributed by atoms with Gasteiger partial charge in [0.05, 0.1) is 18.7 Å². The lowest BCUT2D eigenvalue weighted by atomic mass is 10.2. The number of nitriles is 1. The summed E-state index contributed by atoms with van der Waals surface area (Å²) >= 11 is 1.46. The van der Waals surface area contributed by atoms with Gasteiger partial charge in [-0.05, 0) is 23.3 Å². The molecule has 2 N–H and O–H groups in total. The van der Waals surface area contributed by atoms with Crippen molar-refractivity contribution in [3.8, 4) is 6.07 Å². The fraction of sp³-hybridized carbons (Fsp3) is 0.211. The normalized spacial score (nSPS) is 11.4. The van der Waals surface area contributed by atoms with E-state index in [0.717, 1.165) is 17.0 Å². The molecule has 0 atom stereocenters. The molecular weight excluding hydrogens is 330 g/mol. The van der Waals surface area contributed by atoms with Crippen LogP contribution in [0.4, 0.5) is 5.69 Å².